The van der Waals surface area contributed by atoms with Crippen LogP contribution in [0.25, 0.3) is 0 Å². The Morgan fingerprint density at radius 1 is 1.38 bits per heavy atom. The van der Waals surface area contributed by atoms with Crippen LogP contribution in [0.2, 0.25) is 0 Å². The molecule has 0 amide bonds. The lowest BCUT2D eigenvalue weighted by Crippen LogP contribution is -2.37. The first kappa shape index (κ1) is 16.9. The van der Waals surface area contributed by atoms with E-state index in [1.54, 1.807) is 15.6 Å². The summed E-state index contributed by atoms with van der Waals surface area (Å²) in [6.07, 6.45) is 4.22. The van der Waals surface area contributed by atoms with Crippen LogP contribution in [0.4, 0.5) is 0 Å². The van der Waals surface area contributed by atoms with Gasteiger partial charge in [0.2, 0.25) is 10.0 Å². The van der Waals surface area contributed by atoms with Gasteiger partial charge >= 0.3 is 0 Å². The Balaban J connectivity index is 1.81. The maximum absolute atomic E-state index is 12.5. The standard InChI is InChI=1S/C15H26N2O2S2/c1-13(2)17(12-15-6-5-10-20-15)21(18,19)11-4-3-9-16-14-7-8-14/h5-6,10,13-14,16H,3-4,7-9,11-12H2,1-2H3. The molecule has 1 saturated carbocycles. The van der Waals surface area contributed by atoms with Crippen LogP contribution in [0, 0.1) is 0 Å². The number of thiophene rings is 1. The lowest BCUT2D eigenvalue weighted by molar-refractivity contribution is 0.350. The molecule has 0 aliphatic heterocycles. The van der Waals surface area contributed by atoms with E-state index in [1.807, 2.05) is 31.4 Å². The molecule has 2 rings (SSSR count). The van der Waals surface area contributed by atoms with Crippen molar-refractivity contribution in [3.05, 3.63) is 22.4 Å². The van der Waals surface area contributed by atoms with Gasteiger partial charge in [-0.15, -0.1) is 11.3 Å². The molecule has 6 heteroatoms. The van der Waals surface area contributed by atoms with Crippen molar-refractivity contribution in [2.24, 2.45) is 0 Å². The van der Waals surface area contributed by atoms with Gasteiger partial charge < -0.3 is 5.32 Å². The Morgan fingerprint density at radius 2 is 2.14 bits per heavy atom. The molecular weight excluding hydrogens is 304 g/mol. The summed E-state index contributed by atoms with van der Waals surface area (Å²) in [6, 6.07) is 4.67. The van der Waals surface area contributed by atoms with Crippen LogP contribution < -0.4 is 5.32 Å². The highest BCUT2D eigenvalue weighted by Gasteiger charge is 2.25. The molecule has 4 nitrogen and oxygen atoms in total. The van der Waals surface area contributed by atoms with Crippen molar-refractivity contribution in [1.29, 1.82) is 0 Å². The van der Waals surface area contributed by atoms with Crippen molar-refractivity contribution >= 4 is 21.4 Å². The van der Waals surface area contributed by atoms with E-state index in [-0.39, 0.29) is 11.8 Å². The number of unbranched alkanes of at least 4 members (excludes halogenated alkanes) is 1. The van der Waals surface area contributed by atoms with Gasteiger partial charge in [0.05, 0.1) is 5.75 Å². The molecule has 0 spiro atoms. The molecule has 1 N–H and O–H groups in total. The number of rotatable bonds is 10. The highest BCUT2D eigenvalue weighted by atomic mass is 32.2. The molecule has 0 aromatic carbocycles. The van der Waals surface area contributed by atoms with Gasteiger partial charge in [-0.05, 0) is 57.5 Å². The smallest absolute Gasteiger partial charge is 0.214 e. The van der Waals surface area contributed by atoms with Crippen molar-refractivity contribution < 1.29 is 8.42 Å². The van der Waals surface area contributed by atoms with Gasteiger partial charge in [0.15, 0.2) is 0 Å². The van der Waals surface area contributed by atoms with E-state index in [2.05, 4.69) is 5.32 Å². The molecular formula is C15H26N2O2S2. The van der Waals surface area contributed by atoms with Gasteiger partial charge in [-0.25, -0.2) is 8.42 Å². The Bertz CT molecular complexity index is 508. The molecule has 1 heterocycles. The highest BCUT2D eigenvalue weighted by Crippen LogP contribution is 2.19. The van der Waals surface area contributed by atoms with Crippen molar-refractivity contribution in [2.45, 2.75) is 58.2 Å². The Kier molecular flexibility index (Phi) is 6.22. The number of hydrogen-bond acceptors (Lipinski definition) is 4. The van der Waals surface area contributed by atoms with E-state index >= 15 is 0 Å². The lowest BCUT2D eigenvalue weighted by atomic mass is 10.3. The second-order valence-electron chi connectivity index (χ2n) is 5.97. The first-order chi connectivity index (χ1) is 9.99. The third-order valence-electron chi connectivity index (χ3n) is 3.66. The Hall–Kier alpha value is -0.430. The maximum Gasteiger partial charge on any atom is 0.214 e. The molecule has 0 radical (unpaired) electrons. The monoisotopic (exact) mass is 330 g/mol. The molecule has 120 valence electrons. The minimum absolute atomic E-state index is 0.00156. The zero-order valence-electron chi connectivity index (χ0n) is 12.9. The molecule has 1 aromatic heterocycles. The van der Waals surface area contributed by atoms with Crippen LogP contribution in [-0.2, 0) is 16.6 Å². The minimum Gasteiger partial charge on any atom is -0.314 e. The Labute approximate surface area is 132 Å². The van der Waals surface area contributed by atoms with Crippen molar-refractivity contribution in [3.63, 3.8) is 0 Å². The van der Waals surface area contributed by atoms with Crippen LogP contribution in [0.3, 0.4) is 0 Å². The molecule has 1 aromatic rings. The lowest BCUT2D eigenvalue weighted by Gasteiger charge is -2.25. The summed E-state index contributed by atoms with van der Waals surface area (Å²) in [4.78, 5) is 1.10. The fraction of sp³-hybridized carbons (Fsp3) is 0.733. The van der Waals surface area contributed by atoms with Gasteiger partial charge in [0.25, 0.3) is 0 Å². The van der Waals surface area contributed by atoms with Gasteiger partial charge in [0.1, 0.15) is 0 Å². The summed E-state index contributed by atoms with van der Waals surface area (Å²) in [6.45, 7) is 5.32. The van der Waals surface area contributed by atoms with E-state index in [0.717, 1.165) is 24.3 Å². The molecule has 0 saturated heterocycles. The Morgan fingerprint density at radius 3 is 2.71 bits per heavy atom. The summed E-state index contributed by atoms with van der Waals surface area (Å²) in [5.74, 6) is 0.253. The van der Waals surface area contributed by atoms with Crippen LogP contribution >= 0.6 is 11.3 Å². The summed E-state index contributed by atoms with van der Waals surface area (Å²) < 4.78 is 26.7. The van der Waals surface area contributed by atoms with E-state index in [9.17, 15) is 8.42 Å². The highest BCUT2D eigenvalue weighted by molar-refractivity contribution is 7.89. The number of hydrogen-bond donors (Lipinski definition) is 1. The zero-order valence-corrected chi connectivity index (χ0v) is 14.5. The van der Waals surface area contributed by atoms with E-state index in [0.29, 0.717) is 12.6 Å². The van der Waals surface area contributed by atoms with Crippen molar-refractivity contribution in [1.82, 2.24) is 9.62 Å². The molecule has 21 heavy (non-hydrogen) atoms. The quantitative estimate of drug-likeness (QED) is 0.671. The predicted octanol–water partition coefficient (Wildman–Crippen LogP) is 2.82. The SMILES string of the molecule is CC(C)N(Cc1cccs1)S(=O)(=O)CCCCNC1CC1. The van der Waals surface area contributed by atoms with Crippen LogP contribution in [0.15, 0.2) is 17.5 Å². The van der Waals surface area contributed by atoms with E-state index in [1.165, 1.54) is 12.8 Å². The molecule has 0 atom stereocenters. The average Bonchev–Trinajstić information content (AvgIpc) is 3.09. The normalized spacial score (nSPS) is 16.0. The third-order valence-corrected chi connectivity index (χ3v) is 6.60. The largest absolute Gasteiger partial charge is 0.314 e. The maximum atomic E-state index is 12.5. The van der Waals surface area contributed by atoms with Crippen molar-refractivity contribution in [2.75, 3.05) is 12.3 Å². The van der Waals surface area contributed by atoms with E-state index in [4.69, 9.17) is 0 Å². The first-order valence-corrected chi connectivity index (χ1v) is 10.2. The van der Waals surface area contributed by atoms with Crippen LogP contribution in [-0.4, -0.2) is 37.1 Å². The predicted molar refractivity (Wildman–Crippen MR) is 89.0 cm³/mol. The summed E-state index contributed by atoms with van der Waals surface area (Å²) in [5, 5.41) is 5.41. The van der Waals surface area contributed by atoms with Gasteiger partial charge in [-0.2, -0.15) is 4.31 Å². The average molecular weight is 331 g/mol. The minimum atomic E-state index is -3.17. The summed E-state index contributed by atoms with van der Waals surface area (Å²) >= 11 is 1.61. The number of sulfonamides is 1. The fourth-order valence-corrected chi connectivity index (χ4v) is 4.84. The van der Waals surface area contributed by atoms with Gasteiger partial charge in [-0.1, -0.05) is 6.07 Å². The first-order valence-electron chi connectivity index (χ1n) is 7.74. The second kappa shape index (κ2) is 7.72. The molecule has 1 aliphatic carbocycles. The molecule has 1 fully saturated rings. The fourth-order valence-electron chi connectivity index (χ4n) is 2.28. The molecule has 0 bridgehead atoms. The van der Waals surface area contributed by atoms with Crippen molar-refractivity contribution in [3.8, 4) is 0 Å². The summed E-state index contributed by atoms with van der Waals surface area (Å²) in [7, 11) is -3.17. The zero-order chi connectivity index (χ0) is 15.3. The van der Waals surface area contributed by atoms with Gasteiger partial charge in [0, 0.05) is 23.5 Å². The number of nitrogens with zero attached hydrogens (tertiary/aromatic N) is 1. The van der Waals surface area contributed by atoms with Gasteiger partial charge in [-0.3, -0.25) is 0 Å². The molecule has 1 aliphatic rings. The molecule has 0 unspecified atom stereocenters. The topological polar surface area (TPSA) is 49.4 Å². The van der Waals surface area contributed by atoms with Crippen LogP contribution in [0.5, 0.6) is 0 Å². The number of nitrogens with one attached hydrogen (secondary N) is 1. The van der Waals surface area contributed by atoms with Crippen LogP contribution in [0.1, 0.15) is 44.4 Å². The summed E-state index contributed by atoms with van der Waals surface area (Å²) in [5.41, 5.74) is 0. The second-order valence-corrected chi connectivity index (χ2v) is 9.04. The third kappa shape index (κ3) is 5.70. The van der Waals surface area contributed by atoms with E-state index < -0.39 is 10.0 Å².